The van der Waals surface area contributed by atoms with Gasteiger partial charge in [-0.05, 0) is 53.4 Å². The summed E-state index contributed by atoms with van der Waals surface area (Å²) in [6.45, 7) is 5.75. The molecule has 1 aliphatic rings. The smallest absolute Gasteiger partial charge is 0.497 e. The first-order chi connectivity index (χ1) is 22.8. The number of β-lactam (4-membered cyclic amide) rings is 1. The molecule has 4 aromatic rings. The molecule has 5 rings (SSSR count). The van der Waals surface area contributed by atoms with Crippen LogP contribution in [0.1, 0.15) is 35.2 Å². The van der Waals surface area contributed by atoms with E-state index in [1.165, 1.54) is 0 Å². The summed E-state index contributed by atoms with van der Waals surface area (Å²) in [6.07, 6.45) is -1.87. The molecule has 0 unspecified atom stereocenters. The van der Waals surface area contributed by atoms with E-state index in [0.29, 0.717) is 11.5 Å². The van der Waals surface area contributed by atoms with Gasteiger partial charge in [-0.2, -0.15) is 0 Å². The number of carbonyl (C=O) groups is 3. The summed E-state index contributed by atoms with van der Waals surface area (Å²) in [7, 11) is 3.15. The Balaban J connectivity index is 1.44. The number of esters is 1. The number of nitrogens with zero attached hydrogens (tertiary/aromatic N) is 1. The molecule has 9 nitrogen and oxygen atoms in total. The Morgan fingerprint density at radius 1 is 0.723 bits per heavy atom. The largest absolute Gasteiger partial charge is 0.508 e. The normalized spacial score (nSPS) is 16.1. The average Bonchev–Trinajstić information content (AvgIpc) is 3.11. The maximum Gasteiger partial charge on any atom is 0.508 e. The molecular weight excluding hydrogens is 598 g/mol. The second kappa shape index (κ2) is 15.1. The lowest BCUT2D eigenvalue weighted by molar-refractivity contribution is -0.167. The van der Waals surface area contributed by atoms with Crippen LogP contribution in [0.3, 0.4) is 0 Å². The minimum atomic E-state index is -0.946. The number of rotatable bonds is 13. The number of likely N-dealkylation sites (tertiary alicyclic amines) is 1. The first-order valence-corrected chi connectivity index (χ1v) is 15.2. The summed E-state index contributed by atoms with van der Waals surface area (Å²) >= 11 is 0. The molecule has 0 saturated carbocycles. The minimum absolute atomic E-state index is 0.0100. The zero-order valence-corrected chi connectivity index (χ0v) is 26.5. The molecule has 0 N–H and O–H groups in total. The van der Waals surface area contributed by atoms with E-state index in [9.17, 15) is 14.4 Å². The monoisotopic (exact) mass is 635 g/mol. The molecule has 47 heavy (non-hydrogen) atoms. The second-order valence-corrected chi connectivity index (χ2v) is 11.1. The number of hydrogen-bond donors (Lipinski definition) is 0. The van der Waals surface area contributed by atoms with Crippen LogP contribution in [0.25, 0.3) is 0 Å². The second-order valence-electron chi connectivity index (χ2n) is 11.1. The van der Waals surface area contributed by atoms with Crippen molar-refractivity contribution in [2.75, 3.05) is 14.2 Å². The molecular formula is C38H37NO8. The molecule has 3 atom stereocenters. The molecule has 1 heterocycles. The topological polar surface area (TPSA) is 101 Å². The fourth-order valence-electron chi connectivity index (χ4n) is 5.66. The van der Waals surface area contributed by atoms with Crippen LogP contribution < -0.4 is 9.47 Å². The summed E-state index contributed by atoms with van der Waals surface area (Å²) in [5, 5.41) is 0. The third-order valence-corrected chi connectivity index (χ3v) is 8.14. The highest BCUT2D eigenvalue weighted by atomic mass is 16.7. The molecule has 1 saturated heterocycles. The number of ether oxygens (including phenoxy) is 5. The molecule has 0 spiro atoms. The molecule has 4 aromatic carbocycles. The summed E-state index contributed by atoms with van der Waals surface area (Å²) in [6, 6.07) is 31.6. The first-order valence-electron chi connectivity index (χ1n) is 15.2. The van der Waals surface area contributed by atoms with Gasteiger partial charge in [-0.25, -0.2) is 9.59 Å². The van der Waals surface area contributed by atoms with Gasteiger partial charge in [-0.3, -0.25) is 4.79 Å². The fourth-order valence-corrected chi connectivity index (χ4v) is 5.66. The van der Waals surface area contributed by atoms with Crippen molar-refractivity contribution in [2.45, 2.75) is 38.3 Å². The minimum Gasteiger partial charge on any atom is -0.497 e. The molecule has 9 heteroatoms. The number of amides is 1. The van der Waals surface area contributed by atoms with Crippen LogP contribution in [0.5, 0.6) is 11.5 Å². The summed E-state index contributed by atoms with van der Waals surface area (Å²) in [5.41, 5.74) is 3.20. The van der Waals surface area contributed by atoms with Crippen LogP contribution >= 0.6 is 0 Å². The van der Waals surface area contributed by atoms with Gasteiger partial charge in [0.25, 0.3) is 0 Å². The Bertz CT molecular complexity index is 1630. The predicted molar refractivity (Wildman–Crippen MR) is 175 cm³/mol. The average molecular weight is 636 g/mol. The van der Waals surface area contributed by atoms with Crippen LogP contribution in [-0.4, -0.2) is 49.3 Å². The van der Waals surface area contributed by atoms with Gasteiger partial charge in [0.1, 0.15) is 30.8 Å². The molecule has 1 aliphatic heterocycles. The van der Waals surface area contributed by atoms with E-state index in [1.807, 2.05) is 84.9 Å². The fraction of sp³-hybridized carbons (Fsp3) is 0.237. The molecule has 1 amide bonds. The van der Waals surface area contributed by atoms with Crippen molar-refractivity contribution in [3.05, 3.63) is 144 Å². The predicted octanol–water partition coefficient (Wildman–Crippen LogP) is 6.66. The first kappa shape index (κ1) is 32.8. The Labute approximate surface area is 274 Å². The number of benzene rings is 4. The highest BCUT2D eigenvalue weighted by Crippen LogP contribution is 2.45. The van der Waals surface area contributed by atoms with Gasteiger partial charge in [0.2, 0.25) is 5.91 Å². The van der Waals surface area contributed by atoms with Crippen LogP contribution in [0.15, 0.2) is 121 Å². The number of hydrogen-bond acceptors (Lipinski definition) is 8. The van der Waals surface area contributed by atoms with E-state index in [2.05, 4.69) is 6.58 Å². The van der Waals surface area contributed by atoms with Gasteiger partial charge >= 0.3 is 12.1 Å². The number of carbonyl (C=O) groups excluding carboxylic acids is 3. The van der Waals surface area contributed by atoms with Crippen LogP contribution in [-0.2, 0) is 37.0 Å². The lowest BCUT2D eigenvalue weighted by atomic mass is 9.76. The SMILES string of the molecule is C=C(C(=O)OCc1ccccc1)[C@@H]1[C@@H]([C@@H](C)OC(=O)OCc2ccccc2)C(=O)N1C(c1ccc(OC)cc1)c1ccc(OC)cc1. The third-order valence-electron chi connectivity index (χ3n) is 8.14. The standard InChI is InChI=1S/C38H37NO8/c1-25(37(41)45-23-27-11-7-5-8-12-27)34-33(26(2)47-38(42)46-24-28-13-9-6-10-14-28)36(40)39(34)35(29-15-19-31(43-3)20-16-29)30-17-21-32(44-4)22-18-30/h5-22,26,33-35H,1,23-24H2,2-4H3/t26-,33-,34-/m1/s1. The van der Waals surface area contributed by atoms with Crippen molar-refractivity contribution in [1.82, 2.24) is 4.90 Å². The van der Waals surface area contributed by atoms with Gasteiger partial charge in [0, 0.05) is 0 Å². The van der Waals surface area contributed by atoms with Gasteiger partial charge in [-0.1, -0.05) is 91.5 Å². The van der Waals surface area contributed by atoms with Crippen LogP contribution in [0.2, 0.25) is 0 Å². The van der Waals surface area contributed by atoms with Crippen molar-refractivity contribution in [1.29, 1.82) is 0 Å². The van der Waals surface area contributed by atoms with Crippen molar-refractivity contribution in [3.8, 4) is 11.5 Å². The van der Waals surface area contributed by atoms with Gasteiger partial charge in [0.15, 0.2) is 0 Å². The molecule has 0 bridgehead atoms. The van der Waals surface area contributed by atoms with Gasteiger partial charge < -0.3 is 28.6 Å². The van der Waals surface area contributed by atoms with E-state index in [4.69, 9.17) is 23.7 Å². The summed E-state index contributed by atoms with van der Waals surface area (Å²) in [4.78, 5) is 42.0. The van der Waals surface area contributed by atoms with E-state index in [1.54, 1.807) is 50.3 Å². The van der Waals surface area contributed by atoms with E-state index >= 15 is 0 Å². The summed E-state index contributed by atoms with van der Waals surface area (Å²) < 4.78 is 27.3. The quantitative estimate of drug-likeness (QED) is 0.0914. The maximum absolute atomic E-state index is 14.2. The lowest BCUT2D eigenvalue weighted by Gasteiger charge is -2.52. The highest BCUT2D eigenvalue weighted by molar-refractivity contribution is 5.97. The van der Waals surface area contributed by atoms with Gasteiger partial charge in [0.05, 0.1) is 37.8 Å². The molecule has 1 fully saturated rings. The molecule has 0 radical (unpaired) electrons. The Morgan fingerprint density at radius 3 is 1.66 bits per heavy atom. The molecule has 0 aliphatic carbocycles. The van der Waals surface area contributed by atoms with Crippen molar-refractivity contribution in [2.24, 2.45) is 5.92 Å². The van der Waals surface area contributed by atoms with E-state index < -0.39 is 36.2 Å². The van der Waals surface area contributed by atoms with E-state index in [-0.39, 0.29) is 24.7 Å². The lowest BCUT2D eigenvalue weighted by Crippen LogP contribution is -2.66. The molecule has 0 aromatic heterocycles. The zero-order valence-electron chi connectivity index (χ0n) is 26.5. The third kappa shape index (κ3) is 7.64. The van der Waals surface area contributed by atoms with Crippen molar-refractivity contribution in [3.63, 3.8) is 0 Å². The van der Waals surface area contributed by atoms with Crippen molar-refractivity contribution < 1.29 is 38.1 Å². The molecule has 242 valence electrons. The van der Waals surface area contributed by atoms with Gasteiger partial charge in [-0.15, -0.1) is 0 Å². The zero-order chi connectivity index (χ0) is 33.3. The maximum atomic E-state index is 14.2. The summed E-state index contributed by atoms with van der Waals surface area (Å²) in [5.74, 6) is -0.612. The highest BCUT2D eigenvalue weighted by Gasteiger charge is 2.56. The van der Waals surface area contributed by atoms with Crippen molar-refractivity contribution >= 4 is 18.0 Å². The number of methoxy groups -OCH3 is 2. The Kier molecular flexibility index (Phi) is 10.6. The Morgan fingerprint density at radius 2 is 1.19 bits per heavy atom. The Hall–Kier alpha value is -5.57. The van der Waals surface area contributed by atoms with E-state index in [0.717, 1.165) is 22.3 Å². The van der Waals surface area contributed by atoms with Crippen LogP contribution in [0.4, 0.5) is 4.79 Å². The van der Waals surface area contributed by atoms with Crippen LogP contribution in [0, 0.1) is 5.92 Å².